The molecule has 0 aromatic carbocycles. The van der Waals surface area contributed by atoms with Gasteiger partial charge in [-0.15, -0.1) is 0 Å². The van der Waals surface area contributed by atoms with Crippen LogP contribution in [0.5, 0.6) is 0 Å². The molecular weight excluding hydrogens is 150 g/mol. The van der Waals surface area contributed by atoms with Gasteiger partial charge in [0, 0.05) is 6.54 Å². The van der Waals surface area contributed by atoms with Crippen LogP contribution in [0.4, 0.5) is 0 Å². The van der Waals surface area contributed by atoms with Crippen LogP contribution in [0.25, 0.3) is 0 Å². The van der Waals surface area contributed by atoms with Crippen LogP contribution in [0.2, 0.25) is 0 Å². The van der Waals surface area contributed by atoms with Crippen molar-refractivity contribution in [1.29, 1.82) is 0 Å². The molecule has 0 radical (unpaired) electrons. The zero-order chi connectivity index (χ0) is 8.81. The second-order valence-corrected chi connectivity index (χ2v) is 3.66. The molecule has 1 N–H and O–H groups in total. The highest BCUT2D eigenvalue weighted by Gasteiger charge is 2.15. The Balaban J connectivity index is 2.18. The normalized spacial score (nSPS) is 26.7. The lowest BCUT2D eigenvalue weighted by molar-refractivity contribution is 0.211. The predicted molar refractivity (Wildman–Crippen MR) is 51.1 cm³/mol. The van der Waals surface area contributed by atoms with E-state index in [-0.39, 0.29) is 6.61 Å². The molecular formula is C10H19NO. The molecule has 1 aliphatic heterocycles. The molecule has 0 spiro atoms. The fourth-order valence-electron chi connectivity index (χ4n) is 1.83. The third kappa shape index (κ3) is 3.37. The molecule has 1 aliphatic rings. The number of hydrogen-bond donors (Lipinski definition) is 1. The van der Waals surface area contributed by atoms with Gasteiger partial charge >= 0.3 is 0 Å². The molecule has 2 nitrogen and oxygen atoms in total. The average molecular weight is 169 g/mol. The molecule has 2 heteroatoms. The summed E-state index contributed by atoms with van der Waals surface area (Å²) in [6.07, 6.45) is 7.75. The summed E-state index contributed by atoms with van der Waals surface area (Å²) in [5.41, 5.74) is 0. The van der Waals surface area contributed by atoms with Gasteiger partial charge in [-0.25, -0.2) is 0 Å². The average Bonchev–Trinajstić information content (AvgIpc) is 2.05. The van der Waals surface area contributed by atoms with Crippen LogP contribution >= 0.6 is 0 Å². The molecule has 12 heavy (non-hydrogen) atoms. The summed E-state index contributed by atoms with van der Waals surface area (Å²) < 4.78 is 0. The molecule has 1 unspecified atom stereocenters. The van der Waals surface area contributed by atoms with Gasteiger partial charge in [-0.05, 0) is 38.8 Å². The highest BCUT2D eigenvalue weighted by atomic mass is 16.2. The van der Waals surface area contributed by atoms with Crippen molar-refractivity contribution in [3.05, 3.63) is 12.2 Å². The van der Waals surface area contributed by atoms with E-state index in [1.54, 1.807) is 0 Å². The lowest BCUT2D eigenvalue weighted by Gasteiger charge is -2.28. The molecule has 1 rings (SSSR count). The number of hydrogen-bond acceptors (Lipinski definition) is 2. The molecule has 0 saturated carbocycles. The standard InChI is InChI=1S/C10H19NO/c1-11-7-4-6-10(9-11)5-2-3-8-12/h2-3,10,12H,4-9H2,1H3/b3-2-. The van der Waals surface area contributed by atoms with Crippen LogP contribution in [-0.2, 0) is 0 Å². The van der Waals surface area contributed by atoms with Crippen LogP contribution in [-0.4, -0.2) is 36.8 Å². The number of likely N-dealkylation sites (tertiary alicyclic amines) is 1. The van der Waals surface area contributed by atoms with Crippen LogP contribution in [0.3, 0.4) is 0 Å². The van der Waals surface area contributed by atoms with E-state index in [0.717, 1.165) is 12.3 Å². The van der Waals surface area contributed by atoms with Gasteiger partial charge < -0.3 is 10.0 Å². The first-order chi connectivity index (χ1) is 5.83. The molecule has 70 valence electrons. The number of allylic oxidation sites excluding steroid dienone is 1. The molecule has 0 aliphatic carbocycles. The van der Waals surface area contributed by atoms with E-state index < -0.39 is 0 Å². The molecule has 0 amide bonds. The quantitative estimate of drug-likeness (QED) is 0.643. The SMILES string of the molecule is CN1CCCC(C/C=C\CO)C1. The maximum Gasteiger partial charge on any atom is 0.0612 e. The van der Waals surface area contributed by atoms with E-state index in [2.05, 4.69) is 18.0 Å². The van der Waals surface area contributed by atoms with Gasteiger partial charge in [0.2, 0.25) is 0 Å². The molecule has 1 atom stereocenters. The fourth-order valence-corrected chi connectivity index (χ4v) is 1.83. The fraction of sp³-hybridized carbons (Fsp3) is 0.800. The summed E-state index contributed by atoms with van der Waals surface area (Å²) in [5.74, 6) is 0.812. The number of rotatable bonds is 3. The van der Waals surface area contributed by atoms with Crippen LogP contribution in [0, 0.1) is 5.92 Å². The first kappa shape index (κ1) is 9.75. The van der Waals surface area contributed by atoms with Crippen molar-refractivity contribution < 1.29 is 5.11 Å². The summed E-state index contributed by atoms with van der Waals surface area (Å²) in [5, 5.41) is 8.55. The van der Waals surface area contributed by atoms with Gasteiger partial charge in [0.15, 0.2) is 0 Å². The van der Waals surface area contributed by atoms with E-state index >= 15 is 0 Å². The summed E-state index contributed by atoms with van der Waals surface area (Å²) in [7, 11) is 2.18. The Morgan fingerprint density at radius 2 is 2.33 bits per heavy atom. The number of piperidine rings is 1. The van der Waals surface area contributed by atoms with Crippen molar-refractivity contribution in [1.82, 2.24) is 4.90 Å². The lowest BCUT2D eigenvalue weighted by Crippen LogP contribution is -2.31. The van der Waals surface area contributed by atoms with Gasteiger partial charge in [-0.1, -0.05) is 12.2 Å². The Labute approximate surface area is 74.9 Å². The summed E-state index contributed by atoms with van der Waals surface area (Å²) in [6.45, 7) is 2.65. The maximum atomic E-state index is 8.55. The first-order valence-electron chi connectivity index (χ1n) is 4.77. The summed E-state index contributed by atoms with van der Waals surface area (Å²) in [6, 6.07) is 0. The van der Waals surface area contributed by atoms with E-state index in [0.29, 0.717) is 0 Å². The highest BCUT2D eigenvalue weighted by Crippen LogP contribution is 2.18. The zero-order valence-corrected chi connectivity index (χ0v) is 7.87. The van der Waals surface area contributed by atoms with E-state index in [1.165, 1.54) is 25.9 Å². The Kier molecular flexibility index (Phi) is 4.33. The largest absolute Gasteiger partial charge is 0.392 e. The maximum absolute atomic E-state index is 8.55. The van der Waals surface area contributed by atoms with Crippen molar-refractivity contribution >= 4 is 0 Å². The Morgan fingerprint density at radius 3 is 3.00 bits per heavy atom. The van der Waals surface area contributed by atoms with E-state index in [4.69, 9.17) is 5.11 Å². The molecule has 1 heterocycles. The van der Waals surface area contributed by atoms with Crippen molar-refractivity contribution in [2.45, 2.75) is 19.3 Å². The molecule has 0 bridgehead atoms. The number of aliphatic hydroxyl groups excluding tert-OH is 1. The molecule has 0 aromatic rings. The van der Waals surface area contributed by atoms with Crippen molar-refractivity contribution in [3.8, 4) is 0 Å². The van der Waals surface area contributed by atoms with Crippen molar-refractivity contribution in [2.75, 3.05) is 26.7 Å². The van der Waals surface area contributed by atoms with E-state index in [9.17, 15) is 0 Å². The Hall–Kier alpha value is -0.340. The third-order valence-corrected chi connectivity index (χ3v) is 2.46. The van der Waals surface area contributed by atoms with Crippen LogP contribution < -0.4 is 0 Å². The topological polar surface area (TPSA) is 23.5 Å². The summed E-state index contributed by atoms with van der Waals surface area (Å²) in [4.78, 5) is 2.39. The molecule has 0 aromatic heterocycles. The van der Waals surface area contributed by atoms with Gasteiger partial charge in [0.1, 0.15) is 0 Å². The van der Waals surface area contributed by atoms with Gasteiger partial charge in [0.05, 0.1) is 6.61 Å². The van der Waals surface area contributed by atoms with Gasteiger partial charge in [0.25, 0.3) is 0 Å². The monoisotopic (exact) mass is 169 g/mol. The second-order valence-electron chi connectivity index (χ2n) is 3.66. The lowest BCUT2D eigenvalue weighted by atomic mass is 9.95. The highest BCUT2D eigenvalue weighted by molar-refractivity contribution is 4.85. The minimum absolute atomic E-state index is 0.183. The zero-order valence-electron chi connectivity index (χ0n) is 7.87. The van der Waals surface area contributed by atoms with Crippen molar-refractivity contribution in [2.24, 2.45) is 5.92 Å². The minimum Gasteiger partial charge on any atom is -0.392 e. The Bertz CT molecular complexity index is 145. The third-order valence-electron chi connectivity index (χ3n) is 2.46. The molecule has 1 saturated heterocycles. The van der Waals surface area contributed by atoms with Crippen LogP contribution in [0.1, 0.15) is 19.3 Å². The summed E-state index contributed by atoms with van der Waals surface area (Å²) >= 11 is 0. The smallest absolute Gasteiger partial charge is 0.0612 e. The minimum atomic E-state index is 0.183. The van der Waals surface area contributed by atoms with Crippen LogP contribution in [0.15, 0.2) is 12.2 Å². The van der Waals surface area contributed by atoms with Crippen molar-refractivity contribution in [3.63, 3.8) is 0 Å². The number of nitrogens with zero attached hydrogens (tertiary/aromatic N) is 1. The second kappa shape index (κ2) is 5.33. The van der Waals surface area contributed by atoms with Gasteiger partial charge in [-0.3, -0.25) is 0 Å². The number of aliphatic hydroxyl groups is 1. The van der Waals surface area contributed by atoms with Gasteiger partial charge in [-0.2, -0.15) is 0 Å². The first-order valence-corrected chi connectivity index (χ1v) is 4.77. The molecule has 1 fully saturated rings. The Morgan fingerprint density at radius 1 is 1.50 bits per heavy atom. The predicted octanol–water partition coefficient (Wildman–Crippen LogP) is 1.27. The van der Waals surface area contributed by atoms with E-state index in [1.807, 2.05) is 6.08 Å².